The molecule has 0 aromatic heterocycles. The summed E-state index contributed by atoms with van der Waals surface area (Å²) in [6.07, 6.45) is 3.59. The van der Waals surface area contributed by atoms with E-state index in [-0.39, 0.29) is 0 Å². The highest BCUT2D eigenvalue weighted by Crippen LogP contribution is 2.20. The zero-order valence-electron chi connectivity index (χ0n) is 15.7. The Hall–Kier alpha value is -2.00. The molecule has 0 fully saturated rings. The molecule has 0 saturated heterocycles. The Morgan fingerprint density at radius 2 is 1.60 bits per heavy atom. The minimum atomic E-state index is 0.714. The van der Waals surface area contributed by atoms with E-state index in [4.69, 9.17) is 4.74 Å². The van der Waals surface area contributed by atoms with E-state index in [1.807, 2.05) is 6.92 Å². The van der Waals surface area contributed by atoms with Gasteiger partial charge in [0, 0.05) is 25.3 Å². The van der Waals surface area contributed by atoms with Gasteiger partial charge in [-0.3, -0.25) is 0 Å². The molecule has 1 N–H and O–H groups in total. The summed E-state index contributed by atoms with van der Waals surface area (Å²) in [5.41, 5.74) is 2.64. The average Bonchev–Trinajstić information content (AvgIpc) is 2.66. The van der Waals surface area contributed by atoms with Crippen LogP contribution in [0.1, 0.15) is 38.7 Å². The summed E-state index contributed by atoms with van der Waals surface area (Å²) in [5, 5.41) is 3.54. The molecule has 2 aromatic rings. The van der Waals surface area contributed by atoms with Crippen LogP contribution >= 0.6 is 0 Å². The number of anilines is 1. The smallest absolute Gasteiger partial charge is 0.119 e. The van der Waals surface area contributed by atoms with Crippen molar-refractivity contribution in [1.29, 1.82) is 0 Å². The van der Waals surface area contributed by atoms with Crippen LogP contribution < -0.4 is 15.0 Å². The van der Waals surface area contributed by atoms with Gasteiger partial charge in [-0.05, 0) is 56.1 Å². The molecule has 2 rings (SSSR count). The highest BCUT2D eigenvalue weighted by Gasteiger charge is 2.06. The fourth-order valence-electron chi connectivity index (χ4n) is 2.86. The summed E-state index contributed by atoms with van der Waals surface area (Å²) in [6.45, 7) is 9.15. The summed E-state index contributed by atoms with van der Waals surface area (Å²) in [5.74, 6) is 0.950. The molecule has 0 atom stereocenters. The summed E-state index contributed by atoms with van der Waals surface area (Å²) in [6, 6.07) is 19.1. The minimum Gasteiger partial charge on any atom is -0.494 e. The van der Waals surface area contributed by atoms with Crippen molar-refractivity contribution >= 4 is 5.69 Å². The van der Waals surface area contributed by atoms with Gasteiger partial charge >= 0.3 is 0 Å². The van der Waals surface area contributed by atoms with Crippen LogP contribution in [0.3, 0.4) is 0 Å². The first kappa shape index (κ1) is 19.3. The van der Waals surface area contributed by atoms with Gasteiger partial charge in [0.1, 0.15) is 5.75 Å². The Bertz CT molecular complexity index is 568. The van der Waals surface area contributed by atoms with Crippen molar-refractivity contribution in [1.82, 2.24) is 5.32 Å². The molecular weight excluding hydrogens is 308 g/mol. The SMILES string of the molecule is CCCCN(CCCNCc1ccccc1)c1ccc(OCC)cc1. The van der Waals surface area contributed by atoms with E-state index in [1.165, 1.54) is 24.1 Å². The van der Waals surface area contributed by atoms with Crippen molar-refractivity contribution in [2.75, 3.05) is 31.1 Å². The third-order valence-electron chi connectivity index (χ3n) is 4.25. The molecule has 25 heavy (non-hydrogen) atoms. The summed E-state index contributed by atoms with van der Waals surface area (Å²) in [4.78, 5) is 2.49. The van der Waals surface area contributed by atoms with E-state index < -0.39 is 0 Å². The Kier molecular flexibility index (Phi) is 8.92. The van der Waals surface area contributed by atoms with E-state index in [0.29, 0.717) is 6.61 Å². The number of benzene rings is 2. The van der Waals surface area contributed by atoms with Gasteiger partial charge < -0.3 is 15.0 Å². The fraction of sp³-hybridized carbons (Fsp3) is 0.455. The Labute approximate surface area is 153 Å². The van der Waals surface area contributed by atoms with Crippen molar-refractivity contribution < 1.29 is 4.74 Å². The Morgan fingerprint density at radius 1 is 0.880 bits per heavy atom. The van der Waals surface area contributed by atoms with E-state index >= 15 is 0 Å². The van der Waals surface area contributed by atoms with Gasteiger partial charge in [-0.25, -0.2) is 0 Å². The number of hydrogen-bond donors (Lipinski definition) is 1. The lowest BCUT2D eigenvalue weighted by atomic mass is 10.2. The maximum Gasteiger partial charge on any atom is 0.119 e. The number of nitrogens with one attached hydrogen (secondary N) is 1. The molecule has 136 valence electrons. The lowest BCUT2D eigenvalue weighted by Crippen LogP contribution is -2.28. The highest BCUT2D eigenvalue weighted by atomic mass is 16.5. The number of unbranched alkanes of at least 4 members (excludes halogenated alkanes) is 1. The van der Waals surface area contributed by atoms with Crippen molar-refractivity contribution in [2.24, 2.45) is 0 Å². The molecule has 0 unspecified atom stereocenters. The Morgan fingerprint density at radius 3 is 2.28 bits per heavy atom. The second-order valence-corrected chi connectivity index (χ2v) is 6.28. The first-order valence-electron chi connectivity index (χ1n) is 9.56. The number of nitrogens with zero attached hydrogens (tertiary/aromatic N) is 1. The molecule has 0 spiro atoms. The van der Waals surface area contributed by atoms with Gasteiger partial charge in [-0.2, -0.15) is 0 Å². The molecule has 3 nitrogen and oxygen atoms in total. The van der Waals surface area contributed by atoms with Crippen LogP contribution in [-0.4, -0.2) is 26.2 Å². The van der Waals surface area contributed by atoms with Crippen molar-refractivity contribution in [3.63, 3.8) is 0 Å². The first-order valence-corrected chi connectivity index (χ1v) is 9.56. The molecule has 0 aliphatic rings. The zero-order valence-corrected chi connectivity index (χ0v) is 15.7. The minimum absolute atomic E-state index is 0.714. The molecule has 0 aliphatic carbocycles. The van der Waals surface area contributed by atoms with Crippen LogP contribution in [0, 0.1) is 0 Å². The topological polar surface area (TPSA) is 24.5 Å². The quantitative estimate of drug-likeness (QED) is 0.558. The standard InChI is InChI=1S/C22H32N2O/c1-3-5-17-24(21-12-14-22(15-13-21)25-4-2)18-9-16-23-19-20-10-7-6-8-11-20/h6-8,10-15,23H,3-5,9,16-19H2,1-2H3. The van der Waals surface area contributed by atoms with Crippen molar-refractivity contribution in [3.05, 3.63) is 60.2 Å². The molecule has 2 aromatic carbocycles. The lowest BCUT2D eigenvalue weighted by Gasteiger charge is -2.25. The normalized spacial score (nSPS) is 10.6. The van der Waals surface area contributed by atoms with Crippen LogP contribution in [0.25, 0.3) is 0 Å². The van der Waals surface area contributed by atoms with Crippen LogP contribution in [0.2, 0.25) is 0 Å². The van der Waals surface area contributed by atoms with Gasteiger partial charge in [-0.15, -0.1) is 0 Å². The molecule has 0 heterocycles. The lowest BCUT2D eigenvalue weighted by molar-refractivity contribution is 0.340. The van der Waals surface area contributed by atoms with Crippen LogP contribution in [0.5, 0.6) is 5.75 Å². The summed E-state index contributed by atoms with van der Waals surface area (Å²) < 4.78 is 5.55. The third-order valence-corrected chi connectivity index (χ3v) is 4.25. The molecule has 0 aliphatic heterocycles. The number of hydrogen-bond acceptors (Lipinski definition) is 3. The molecule has 0 bridgehead atoms. The van der Waals surface area contributed by atoms with E-state index in [0.717, 1.165) is 38.3 Å². The third kappa shape index (κ3) is 7.18. The fourth-order valence-corrected chi connectivity index (χ4v) is 2.86. The molecular formula is C22H32N2O. The Balaban J connectivity index is 1.78. The second kappa shape index (κ2) is 11.5. The molecule has 0 radical (unpaired) electrons. The van der Waals surface area contributed by atoms with Gasteiger partial charge in [0.05, 0.1) is 6.61 Å². The van der Waals surface area contributed by atoms with Crippen LogP contribution in [0.4, 0.5) is 5.69 Å². The van der Waals surface area contributed by atoms with Gasteiger partial charge in [-0.1, -0.05) is 43.7 Å². The van der Waals surface area contributed by atoms with E-state index in [2.05, 4.69) is 71.7 Å². The summed E-state index contributed by atoms with van der Waals surface area (Å²) >= 11 is 0. The van der Waals surface area contributed by atoms with Gasteiger partial charge in [0.2, 0.25) is 0 Å². The van der Waals surface area contributed by atoms with Crippen molar-refractivity contribution in [3.8, 4) is 5.75 Å². The van der Waals surface area contributed by atoms with Gasteiger partial charge in [0.15, 0.2) is 0 Å². The maximum absolute atomic E-state index is 5.55. The monoisotopic (exact) mass is 340 g/mol. The van der Waals surface area contributed by atoms with Crippen LogP contribution in [-0.2, 0) is 6.54 Å². The van der Waals surface area contributed by atoms with Crippen molar-refractivity contribution in [2.45, 2.75) is 39.7 Å². The molecule has 0 amide bonds. The molecule has 0 saturated carbocycles. The van der Waals surface area contributed by atoms with E-state index in [9.17, 15) is 0 Å². The van der Waals surface area contributed by atoms with E-state index in [1.54, 1.807) is 0 Å². The number of rotatable bonds is 12. The summed E-state index contributed by atoms with van der Waals surface area (Å²) in [7, 11) is 0. The average molecular weight is 341 g/mol. The maximum atomic E-state index is 5.55. The predicted octanol–water partition coefficient (Wildman–Crippen LogP) is 4.87. The van der Waals surface area contributed by atoms with Gasteiger partial charge in [0.25, 0.3) is 0 Å². The first-order chi connectivity index (χ1) is 12.3. The zero-order chi connectivity index (χ0) is 17.7. The highest BCUT2D eigenvalue weighted by molar-refractivity contribution is 5.49. The van der Waals surface area contributed by atoms with Crippen LogP contribution in [0.15, 0.2) is 54.6 Å². The number of ether oxygens (including phenoxy) is 1. The molecule has 3 heteroatoms. The largest absolute Gasteiger partial charge is 0.494 e. The second-order valence-electron chi connectivity index (χ2n) is 6.28. The predicted molar refractivity (Wildman–Crippen MR) is 107 cm³/mol.